The molecular weight excluding hydrogens is 363 g/mol. The van der Waals surface area contributed by atoms with Gasteiger partial charge in [-0.05, 0) is 12.1 Å². The molecule has 0 unspecified atom stereocenters. The molecule has 1 aromatic carbocycles. The standard InChI is InChI=1S/C13H8F7N3O2/c14-11(15,12(16,17)13(18,19)20)10(25)21-8-6-9(24)23(22-8)7-4-2-1-3-5-7/h1-5H,6H2,(H,21,22,25). The Hall–Kier alpha value is -2.66. The molecule has 0 aliphatic carbocycles. The zero-order valence-electron chi connectivity index (χ0n) is 12.0. The molecular formula is C13H8F7N3O2. The van der Waals surface area contributed by atoms with Gasteiger partial charge in [0.05, 0.1) is 12.1 Å². The fourth-order valence-electron chi connectivity index (χ4n) is 1.80. The Balaban J connectivity index is 2.20. The molecule has 0 atom stereocenters. The maximum absolute atomic E-state index is 13.2. The summed E-state index contributed by atoms with van der Waals surface area (Å²) in [6, 6.07) is 7.41. The molecule has 2 amide bonds. The third kappa shape index (κ3) is 3.28. The summed E-state index contributed by atoms with van der Waals surface area (Å²) in [5.74, 6) is -17.2. The maximum atomic E-state index is 13.2. The van der Waals surface area contributed by atoms with E-state index in [9.17, 15) is 40.3 Å². The molecule has 5 nitrogen and oxygen atoms in total. The van der Waals surface area contributed by atoms with Crippen LogP contribution in [0.3, 0.4) is 0 Å². The minimum Gasteiger partial charge on any atom is -0.307 e. The summed E-state index contributed by atoms with van der Waals surface area (Å²) in [7, 11) is 0. The first-order chi connectivity index (χ1) is 11.4. The summed E-state index contributed by atoms with van der Waals surface area (Å²) in [5.41, 5.74) is 0.184. The monoisotopic (exact) mass is 371 g/mol. The third-order valence-electron chi connectivity index (χ3n) is 3.07. The molecule has 1 heterocycles. The predicted molar refractivity (Wildman–Crippen MR) is 70.1 cm³/mol. The predicted octanol–water partition coefficient (Wildman–Crippen LogP) is 2.69. The SMILES string of the molecule is O=C1CC(NC(=O)C(F)(F)C(F)(F)C(F)(F)F)=NN1c1ccccc1. The van der Waals surface area contributed by atoms with Crippen LogP contribution in [0.4, 0.5) is 36.4 Å². The number of nitrogens with one attached hydrogen (secondary N) is 1. The average molecular weight is 371 g/mol. The summed E-state index contributed by atoms with van der Waals surface area (Å²) in [6.45, 7) is 0. The highest BCUT2D eigenvalue weighted by Gasteiger charge is 2.76. The molecule has 1 aliphatic rings. The van der Waals surface area contributed by atoms with Crippen LogP contribution in [0.25, 0.3) is 0 Å². The van der Waals surface area contributed by atoms with Crippen LogP contribution in [0, 0.1) is 0 Å². The van der Waals surface area contributed by atoms with Gasteiger partial charge < -0.3 is 5.32 Å². The number of carbonyl (C=O) groups excluding carboxylic acids is 2. The van der Waals surface area contributed by atoms with Gasteiger partial charge in [-0.25, -0.2) is 0 Å². The first-order valence-electron chi connectivity index (χ1n) is 6.47. The van der Waals surface area contributed by atoms with Crippen LogP contribution in [-0.2, 0) is 9.59 Å². The lowest BCUT2D eigenvalue weighted by Gasteiger charge is -2.26. The van der Waals surface area contributed by atoms with Crippen LogP contribution in [-0.4, -0.2) is 35.7 Å². The van der Waals surface area contributed by atoms with Crippen molar-refractivity contribution in [3.63, 3.8) is 0 Å². The summed E-state index contributed by atoms with van der Waals surface area (Å²) in [5, 5.41) is 5.28. The number of hydrogen-bond acceptors (Lipinski definition) is 3. The molecule has 0 aromatic heterocycles. The Morgan fingerprint density at radius 3 is 2.12 bits per heavy atom. The quantitative estimate of drug-likeness (QED) is 0.831. The number of para-hydroxylation sites is 1. The molecule has 136 valence electrons. The maximum Gasteiger partial charge on any atom is 0.460 e. The van der Waals surface area contributed by atoms with E-state index in [-0.39, 0.29) is 5.69 Å². The Morgan fingerprint density at radius 1 is 1.04 bits per heavy atom. The highest BCUT2D eigenvalue weighted by molar-refractivity contribution is 6.16. The van der Waals surface area contributed by atoms with Crippen molar-refractivity contribution in [2.75, 3.05) is 5.01 Å². The van der Waals surface area contributed by atoms with E-state index in [4.69, 9.17) is 0 Å². The second-order valence-corrected chi connectivity index (χ2v) is 4.87. The van der Waals surface area contributed by atoms with Crippen LogP contribution in [0.15, 0.2) is 35.4 Å². The van der Waals surface area contributed by atoms with Crippen LogP contribution in [0.2, 0.25) is 0 Å². The molecule has 0 radical (unpaired) electrons. The van der Waals surface area contributed by atoms with Gasteiger partial charge in [0.2, 0.25) is 0 Å². The molecule has 0 fully saturated rings. The van der Waals surface area contributed by atoms with Crippen LogP contribution < -0.4 is 10.3 Å². The van der Waals surface area contributed by atoms with E-state index in [2.05, 4.69) is 5.10 Å². The number of hydrazone groups is 1. The van der Waals surface area contributed by atoms with Crippen molar-refractivity contribution in [1.82, 2.24) is 5.32 Å². The van der Waals surface area contributed by atoms with E-state index in [0.717, 1.165) is 5.32 Å². The Morgan fingerprint density at radius 2 is 1.60 bits per heavy atom. The zero-order valence-corrected chi connectivity index (χ0v) is 12.0. The number of alkyl halides is 7. The number of halogens is 7. The molecule has 0 saturated heterocycles. The highest BCUT2D eigenvalue weighted by atomic mass is 19.4. The molecule has 0 bridgehead atoms. The van der Waals surface area contributed by atoms with Gasteiger partial charge in [-0.2, -0.15) is 40.8 Å². The summed E-state index contributed by atoms with van der Waals surface area (Å²) in [4.78, 5) is 22.9. The lowest BCUT2D eigenvalue weighted by Crippen LogP contribution is -2.60. The molecule has 25 heavy (non-hydrogen) atoms. The Kier molecular flexibility index (Phi) is 4.49. The fourth-order valence-corrected chi connectivity index (χ4v) is 1.80. The van der Waals surface area contributed by atoms with Gasteiger partial charge in [-0.15, -0.1) is 0 Å². The number of rotatable bonds is 3. The summed E-state index contributed by atoms with van der Waals surface area (Å²) in [6.07, 6.45) is -7.40. The van der Waals surface area contributed by atoms with Crippen molar-refractivity contribution in [1.29, 1.82) is 0 Å². The minimum absolute atomic E-state index is 0.184. The topological polar surface area (TPSA) is 61.8 Å². The van der Waals surface area contributed by atoms with E-state index < -0.39 is 42.1 Å². The number of hydrogen-bond donors (Lipinski definition) is 1. The Bertz CT molecular complexity index is 716. The minimum atomic E-state index is -6.64. The van der Waals surface area contributed by atoms with E-state index in [0.29, 0.717) is 5.01 Å². The third-order valence-corrected chi connectivity index (χ3v) is 3.07. The van der Waals surface area contributed by atoms with E-state index in [1.165, 1.54) is 24.3 Å². The molecule has 1 N–H and O–H groups in total. The molecule has 1 aromatic rings. The van der Waals surface area contributed by atoms with Crippen molar-refractivity contribution in [2.24, 2.45) is 5.10 Å². The van der Waals surface area contributed by atoms with Gasteiger partial charge in [0.1, 0.15) is 5.84 Å². The lowest BCUT2D eigenvalue weighted by molar-refractivity contribution is -0.343. The highest BCUT2D eigenvalue weighted by Crippen LogP contribution is 2.46. The number of nitrogens with zero attached hydrogens (tertiary/aromatic N) is 2. The van der Waals surface area contributed by atoms with Crippen LogP contribution in [0.5, 0.6) is 0 Å². The summed E-state index contributed by atoms with van der Waals surface area (Å²) < 4.78 is 88.2. The van der Waals surface area contributed by atoms with Gasteiger partial charge >= 0.3 is 23.9 Å². The van der Waals surface area contributed by atoms with Crippen molar-refractivity contribution < 1.29 is 40.3 Å². The fraction of sp³-hybridized carbons (Fsp3) is 0.308. The average Bonchev–Trinajstić information content (AvgIpc) is 2.87. The van der Waals surface area contributed by atoms with Crippen LogP contribution >= 0.6 is 0 Å². The van der Waals surface area contributed by atoms with E-state index in [1.807, 2.05) is 0 Å². The summed E-state index contributed by atoms with van der Waals surface area (Å²) >= 11 is 0. The molecule has 2 rings (SSSR count). The van der Waals surface area contributed by atoms with Crippen LogP contribution in [0.1, 0.15) is 6.42 Å². The number of carbonyl (C=O) groups is 2. The van der Waals surface area contributed by atoms with Gasteiger partial charge in [-0.3, -0.25) is 9.59 Å². The normalized spacial score (nSPS) is 16.0. The molecule has 1 aliphatic heterocycles. The first-order valence-corrected chi connectivity index (χ1v) is 6.47. The zero-order chi connectivity index (χ0) is 19.0. The lowest BCUT2D eigenvalue weighted by atomic mass is 10.1. The van der Waals surface area contributed by atoms with Crippen molar-refractivity contribution in [2.45, 2.75) is 24.4 Å². The number of amides is 2. The van der Waals surface area contributed by atoms with Crippen molar-refractivity contribution >= 4 is 23.3 Å². The second-order valence-electron chi connectivity index (χ2n) is 4.87. The molecule has 0 saturated carbocycles. The largest absolute Gasteiger partial charge is 0.460 e. The van der Waals surface area contributed by atoms with E-state index in [1.54, 1.807) is 6.07 Å². The van der Waals surface area contributed by atoms with Gasteiger partial charge in [0, 0.05) is 0 Å². The smallest absolute Gasteiger partial charge is 0.307 e. The van der Waals surface area contributed by atoms with E-state index >= 15 is 0 Å². The first kappa shape index (κ1) is 18.7. The van der Waals surface area contributed by atoms with Gasteiger partial charge in [0.15, 0.2) is 0 Å². The Labute approximate surface area is 135 Å². The molecule has 0 spiro atoms. The number of amidine groups is 1. The van der Waals surface area contributed by atoms with Crippen molar-refractivity contribution in [3.05, 3.63) is 30.3 Å². The van der Waals surface area contributed by atoms with Gasteiger partial charge in [-0.1, -0.05) is 18.2 Å². The van der Waals surface area contributed by atoms with Crippen molar-refractivity contribution in [3.8, 4) is 0 Å². The molecule has 12 heteroatoms. The second kappa shape index (κ2) is 6.01. The van der Waals surface area contributed by atoms with Gasteiger partial charge in [0.25, 0.3) is 5.91 Å². The number of anilines is 1. The number of benzene rings is 1.